The summed E-state index contributed by atoms with van der Waals surface area (Å²) in [7, 11) is 0. The molecule has 2 N–H and O–H groups in total. The zero-order valence-corrected chi connectivity index (χ0v) is 7.97. The first-order valence-electron chi connectivity index (χ1n) is 3.60. The van der Waals surface area contributed by atoms with Gasteiger partial charge in [0.1, 0.15) is 0 Å². The number of alkyl halides is 1. The molecule has 0 spiro atoms. The summed E-state index contributed by atoms with van der Waals surface area (Å²) in [6.45, 7) is 2.26. The van der Waals surface area contributed by atoms with Crippen molar-refractivity contribution in [2.24, 2.45) is 11.7 Å². The minimum Gasteiger partial charge on any atom is -0.327 e. The highest BCUT2D eigenvalue weighted by Gasteiger charge is 2.22. The predicted molar refractivity (Wildman–Crippen MR) is 48.8 cm³/mol. The largest absolute Gasteiger partial charge is 0.327 e. The van der Waals surface area contributed by atoms with Gasteiger partial charge in [-0.3, -0.25) is 0 Å². The fourth-order valence-electron chi connectivity index (χ4n) is 1.35. The number of halogens is 1. The van der Waals surface area contributed by atoms with Gasteiger partial charge in [-0.05, 0) is 25.2 Å². The maximum atomic E-state index is 5.84. The summed E-state index contributed by atoms with van der Waals surface area (Å²) in [4.78, 5) is 0. The summed E-state index contributed by atoms with van der Waals surface area (Å²) < 4.78 is 0.886. The van der Waals surface area contributed by atoms with E-state index in [0.717, 1.165) is 9.84 Å². The highest BCUT2D eigenvalue weighted by molar-refractivity contribution is 14.1. The summed E-state index contributed by atoms with van der Waals surface area (Å²) in [5.41, 5.74) is 5.84. The van der Waals surface area contributed by atoms with Gasteiger partial charge < -0.3 is 5.73 Å². The van der Waals surface area contributed by atoms with Crippen molar-refractivity contribution < 1.29 is 0 Å². The first kappa shape index (κ1) is 7.79. The Labute approximate surface area is 70.5 Å². The van der Waals surface area contributed by atoms with Crippen molar-refractivity contribution in [2.45, 2.75) is 36.2 Å². The molecule has 0 aliphatic heterocycles. The van der Waals surface area contributed by atoms with E-state index in [-0.39, 0.29) is 0 Å². The fourth-order valence-corrected chi connectivity index (χ4v) is 2.52. The van der Waals surface area contributed by atoms with Crippen LogP contribution in [0.4, 0.5) is 0 Å². The van der Waals surface area contributed by atoms with Crippen LogP contribution in [0.1, 0.15) is 26.2 Å². The number of nitrogens with two attached hydrogens (primary N) is 1. The molecule has 0 saturated heterocycles. The molecular weight excluding hydrogens is 225 g/mol. The lowest BCUT2D eigenvalue weighted by Crippen LogP contribution is -2.34. The first-order valence-corrected chi connectivity index (χ1v) is 4.84. The molecule has 2 heteroatoms. The SMILES string of the molecule is CC1CC(I)CC[C@@H]1N. The van der Waals surface area contributed by atoms with Crippen LogP contribution in [0.25, 0.3) is 0 Å². The summed E-state index contributed by atoms with van der Waals surface area (Å²) in [6.07, 6.45) is 3.88. The third-order valence-electron chi connectivity index (χ3n) is 2.17. The molecule has 0 heterocycles. The van der Waals surface area contributed by atoms with E-state index in [0.29, 0.717) is 6.04 Å². The summed E-state index contributed by atoms with van der Waals surface area (Å²) >= 11 is 2.53. The van der Waals surface area contributed by atoms with Crippen molar-refractivity contribution in [3.05, 3.63) is 0 Å². The molecule has 0 radical (unpaired) electrons. The van der Waals surface area contributed by atoms with Gasteiger partial charge in [0.05, 0.1) is 0 Å². The van der Waals surface area contributed by atoms with Gasteiger partial charge >= 0.3 is 0 Å². The molecule has 2 unspecified atom stereocenters. The Morgan fingerprint density at radius 1 is 1.44 bits per heavy atom. The second-order valence-corrected chi connectivity index (χ2v) is 4.81. The van der Waals surface area contributed by atoms with E-state index in [9.17, 15) is 0 Å². The molecule has 0 aromatic rings. The van der Waals surface area contributed by atoms with E-state index in [1.165, 1.54) is 19.3 Å². The Morgan fingerprint density at radius 3 is 2.56 bits per heavy atom. The molecule has 9 heavy (non-hydrogen) atoms. The molecule has 1 saturated carbocycles. The Hall–Kier alpha value is 0.690. The minimum atomic E-state index is 0.482. The Morgan fingerprint density at radius 2 is 2.11 bits per heavy atom. The number of rotatable bonds is 0. The van der Waals surface area contributed by atoms with E-state index < -0.39 is 0 Å². The average Bonchev–Trinajstić information content (AvgIpc) is 1.80. The number of hydrogen-bond acceptors (Lipinski definition) is 1. The molecule has 3 atom stereocenters. The third kappa shape index (κ3) is 2.08. The van der Waals surface area contributed by atoms with Crippen LogP contribution in [-0.4, -0.2) is 9.97 Å². The summed E-state index contributed by atoms with van der Waals surface area (Å²) in [5, 5.41) is 0. The van der Waals surface area contributed by atoms with Gasteiger partial charge in [0, 0.05) is 9.97 Å². The van der Waals surface area contributed by atoms with Crippen LogP contribution in [0, 0.1) is 5.92 Å². The second-order valence-electron chi connectivity index (χ2n) is 3.05. The monoisotopic (exact) mass is 239 g/mol. The third-order valence-corrected chi connectivity index (χ3v) is 3.30. The minimum absolute atomic E-state index is 0.482. The molecule has 1 fully saturated rings. The first-order chi connectivity index (χ1) is 4.20. The topological polar surface area (TPSA) is 26.0 Å². The standard InChI is InChI=1S/C7H14IN/c1-5-4-6(8)2-3-7(5)9/h5-7H,2-4,9H2,1H3/t5?,6?,7-/m0/s1. The second kappa shape index (κ2) is 3.19. The van der Waals surface area contributed by atoms with Crippen LogP contribution in [0.3, 0.4) is 0 Å². The van der Waals surface area contributed by atoms with Crippen LogP contribution in [0.15, 0.2) is 0 Å². The Kier molecular flexibility index (Phi) is 2.76. The van der Waals surface area contributed by atoms with Crippen LogP contribution in [0.2, 0.25) is 0 Å². The molecule has 0 aromatic heterocycles. The molecule has 0 amide bonds. The smallest absolute Gasteiger partial charge is 0.0113 e. The molecule has 1 nitrogen and oxygen atoms in total. The lowest BCUT2D eigenvalue weighted by molar-refractivity contribution is 0.345. The van der Waals surface area contributed by atoms with Crippen LogP contribution in [-0.2, 0) is 0 Å². The predicted octanol–water partition coefficient (Wildman–Crippen LogP) is 1.94. The van der Waals surface area contributed by atoms with Crippen molar-refractivity contribution >= 4 is 22.6 Å². The van der Waals surface area contributed by atoms with Crippen molar-refractivity contribution in [3.8, 4) is 0 Å². The normalized spacial score (nSPS) is 45.0. The van der Waals surface area contributed by atoms with E-state index in [1.807, 2.05) is 0 Å². The molecule has 1 aliphatic carbocycles. The quantitative estimate of drug-likeness (QED) is 0.507. The van der Waals surface area contributed by atoms with Crippen molar-refractivity contribution in [3.63, 3.8) is 0 Å². The maximum absolute atomic E-state index is 5.84. The van der Waals surface area contributed by atoms with Gasteiger partial charge in [0.25, 0.3) is 0 Å². The van der Waals surface area contributed by atoms with E-state index >= 15 is 0 Å². The Balaban J connectivity index is 2.35. The molecule has 54 valence electrons. The molecule has 1 rings (SSSR count). The zero-order chi connectivity index (χ0) is 6.85. The summed E-state index contributed by atoms with van der Waals surface area (Å²) in [5.74, 6) is 0.751. The van der Waals surface area contributed by atoms with Gasteiger partial charge in [-0.1, -0.05) is 29.5 Å². The molecule has 0 bridgehead atoms. The van der Waals surface area contributed by atoms with Crippen LogP contribution >= 0.6 is 22.6 Å². The van der Waals surface area contributed by atoms with Gasteiger partial charge in [-0.2, -0.15) is 0 Å². The fraction of sp³-hybridized carbons (Fsp3) is 1.00. The van der Waals surface area contributed by atoms with Gasteiger partial charge in [0.2, 0.25) is 0 Å². The van der Waals surface area contributed by atoms with Crippen molar-refractivity contribution in [1.82, 2.24) is 0 Å². The van der Waals surface area contributed by atoms with Crippen molar-refractivity contribution in [1.29, 1.82) is 0 Å². The Bertz CT molecular complexity index is 94.9. The van der Waals surface area contributed by atoms with Gasteiger partial charge in [-0.25, -0.2) is 0 Å². The highest BCUT2D eigenvalue weighted by Crippen LogP contribution is 2.27. The van der Waals surface area contributed by atoms with Gasteiger partial charge in [0.15, 0.2) is 0 Å². The van der Waals surface area contributed by atoms with E-state index in [4.69, 9.17) is 5.73 Å². The highest BCUT2D eigenvalue weighted by atomic mass is 127. The lowest BCUT2D eigenvalue weighted by atomic mass is 9.87. The van der Waals surface area contributed by atoms with E-state index in [1.54, 1.807) is 0 Å². The van der Waals surface area contributed by atoms with E-state index in [2.05, 4.69) is 29.5 Å². The van der Waals surface area contributed by atoms with Gasteiger partial charge in [-0.15, -0.1) is 0 Å². The molecule has 0 aromatic carbocycles. The van der Waals surface area contributed by atoms with Crippen LogP contribution in [0.5, 0.6) is 0 Å². The number of hydrogen-bond donors (Lipinski definition) is 1. The van der Waals surface area contributed by atoms with Crippen molar-refractivity contribution in [2.75, 3.05) is 0 Å². The summed E-state index contributed by atoms with van der Waals surface area (Å²) in [6, 6.07) is 0.482. The molecular formula is C7H14IN. The maximum Gasteiger partial charge on any atom is 0.0113 e. The van der Waals surface area contributed by atoms with Crippen LogP contribution < -0.4 is 5.73 Å². The lowest BCUT2D eigenvalue weighted by Gasteiger charge is -2.28. The average molecular weight is 239 g/mol. The molecule has 1 aliphatic rings. The zero-order valence-electron chi connectivity index (χ0n) is 5.81.